The second-order valence-corrected chi connectivity index (χ2v) is 18.0. The molecule has 3 fully saturated rings. The molecule has 374 valence electrons. The standard InChI is InChI=1S/C47H63N9O13/c1-24(2)36-46(66)69-27(5)37(53-40(60)25(3)49-39(59)26(4)50-47(67)68-23-29-15-11-8-12-16-29)42(62)54-38(30-17-18-30)43(63)51-31-19-20-35(58)56(44(31)64)33(22-34(48)57)45(65)55(6)32(41(61)52-36)21-28-13-9-7-10-14-28/h7-16,24-27,30-33,35-38,58H,17-23H2,1-6H3,(H2,48,57)(H,49,59)(H,50,67)(H,51,63)(H,52,61)(H,53,60)(H,54,62)/t25-,26?,27+,31-,32-,33-,35+,36-,37-,38-/m0/s1. The molecule has 2 heterocycles. The fraction of sp³-hybridized carbons (Fsp3) is 0.532. The maximum absolute atomic E-state index is 14.5. The first-order valence-electron chi connectivity index (χ1n) is 22.9. The van der Waals surface area contributed by atoms with Crippen LogP contribution >= 0.6 is 0 Å². The van der Waals surface area contributed by atoms with Gasteiger partial charge in [0.15, 0.2) is 0 Å². The highest BCUT2D eigenvalue weighted by molar-refractivity contribution is 5.99. The molecule has 10 atom stereocenters. The zero-order valence-electron chi connectivity index (χ0n) is 39.5. The molecule has 0 radical (unpaired) electrons. The molecule has 2 aliphatic heterocycles. The van der Waals surface area contributed by atoms with E-state index >= 15 is 0 Å². The van der Waals surface area contributed by atoms with Crippen LogP contribution in [0.4, 0.5) is 4.79 Å². The van der Waals surface area contributed by atoms with E-state index in [-0.39, 0.29) is 25.9 Å². The summed E-state index contributed by atoms with van der Waals surface area (Å²) in [6, 6.07) is 5.92. The summed E-state index contributed by atoms with van der Waals surface area (Å²) in [5.74, 6) is -9.40. The highest BCUT2D eigenvalue weighted by atomic mass is 16.6. The highest BCUT2D eigenvalue weighted by Gasteiger charge is 2.47. The number of rotatable bonds is 13. The molecule has 9 amide bonds. The van der Waals surface area contributed by atoms with Crippen molar-refractivity contribution in [3.63, 3.8) is 0 Å². The first-order chi connectivity index (χ1) is 32.7. The van der Waals surface area contributed by atoms with Crippen molar-refractivity contribution in [3.8, 4) is 0 Å². The van der Waals surface area contributed by atoms with Crippen LogP contribution in [-0.4, -0.2) is 142 Å². The lowest BCUT2D eigenvalue weighted by atomic mass is 9.97. The number of nitrogens with one attached hydrogen (secondary N) is 6. The number of amides is 9. The maximum Gasteiger partial charge on any atom is 0.408 e. The average molecular weight is 962 g/mol. The number of nitrogens with two attached hydrogens (primary N) is 1. The number of alkyl carbamates (subject to hydrolysis) is 1. The molecule has 0 spiro atoms. The number of hydrogen-bond acceptors (Lipinski definition) is 13. The van der Waals surface area contributed by atoms with Crippen LogP contribution in [0, 0.1) is 11.8 Å². The van der Waals surface area contributed by atoms with E-state index in [1.165, 1.54) is 27.8 Å². The third-order valence-corrected chi connectivity index (χ3v) is 12.2. The van der Waals surface area contributed by atoms with Crippen LogP contribution in [0.15, 0.2) is 60.7 Å². The zero-order chi connectivity index (χ0) is 50.7. The van der Waals surface area contributed by atoms with Crippen LogP contribution < -0.4 is 37.6 Å². The Labute approximate surface area is 399 Å². The zero-order valence-corrected chi connectivity index (χ0v) is 39.5. The van der Waals surface area contributed by atoms with Crippen LogP contribution in [0.5, 0.6) is 0 Å². The third kappa shape index (κ3) is 14.2. The summed E-state index contributed by atoms with van der Waals surface area (Å²) in [5.41, 5.74) is 6.89. The van der Waals surface area contributed by atoms with Crippen molar-refractivity contribution in [2.75, 3.05) is 7.05 Å². The number of aliphatic hydroxyl groups is 1. The van der Waals surface area contributed by atoms with Gasteiger partial charge >= 0.3 is 12.1 Å². The predicted molar refractivity (Wildman–Crippen MR) is 244 cm³/mol. The van der Waals surface area contributed by atoms with Gasteiger partial charge in [-0.05, 0) is 69.4 Å². The van der Waals surface area contributed by atoms with E-state index in [0.29, 0.717) is 24.0 Å². The molecule has 1 unspecified atom stereocenters. The minimum Gasteiger partial charge on any atom is -0.458 e. The molecule has 1 saturated carbocycles. The second-order valence-electron chi connectivity index (χ2n) is 18.0. The number of piperidine rings is 1. The maximum atomic E-state index is 14.5. The van der Waals surface area contributed by atoms with E-state index < -0.39 is 138 Å². The number of likely N-dealkylation sites (N-methyl/N-ethyl adjacent to an activating group) is 1. The van der Waals surface area contributed by atoms with Crippen LogP contribution in [0.2, 0.25) is 0 Å². The number of carbonyl (C=O) groups is 10. The minimum atomic E-state index is -1.73. The normalized spacial score (nSPS) is 26.1. The molecule has 69 heavy (non-hydrogen) atoms. The van der Waals surface area contributed by atoms with E-state index in [9.17, 15) is 53.1 Å². The number of esters is 1. The van der Waals surface area contributed by atoms with E-state index in [1.54, 1.807) is 74.5 Å². The quantitative estimate of drug-likeness (QED) is 0.112. The van der Waals surface area contributed by atoms with Gasteiger partial charge in [-0.1, -0.05) is 74.5 Å². The van der Waals surface area contributed by atoms with Gasteiger partial charge in [-0.25, -0.2) is 9.59 Å². The van der Waals surface area contributed by atoms with Crippen molar-refractivity contribution < 1.29 is 62.5 Å². The summed E-state index contributed by atoms with van der Waals surface area (Å²) >= 11 is 0. The van der Waals surface area contributed by atoms with Crippen molar-refractivity contribution in [1.29, 1.82) is 0 Å². The Bertz CT molecular complexity index is 2230. The molecule has 2 saturated heterocycles. The van der Waals surface area contributed by atoms with Crippen molar-refractivity contribution in [2.45, 2.75) is 140 Å². The first kappa shape index (κ1) is 52.9. The molecule has 9 N–H and O–H groups in total. The lowest BCUT2D eigenvalue weighted by Crippen LogP contribution is -2.65. The Balaban J connectivity index is 1.45. The molecule has 2 aromatic carbocycles. The highest BCUT2D eigenvalue weighted by Crippen LogP contribution is 2.33. The number of cyclic esters (lactones) is 1. The number of carbonyl (C=O) groups excluding carboxylic acids is 10. The number of primary amides is 1. The van der Waals surface area contributed by atoms with Crippen LogP contribution in [0.1, 0.15) is 77.8 Å². The molecule has 2 aromatic rings. The fourth-order valence-corrected chi connectivity index (χ4v) is 8.02. The van der Waals surface area contributed by atoms with E-state index in [4.69, 9.17) is 15.2 Å². The van der Waals surface area contributed by atoms with Gasteiger partial charge in [-0.15, -0.1) is 0 Å². The summed E-state index contributed by atoms with van der Waals surface area (Å²) in [5, 5.41) is 26.5. The van der Waals surface area contributed by atoms with Crippen LogP contribution in [0.25, 0.3) is 0 Å². The molecule has 3 aliphatic rings. The summed E-state index contributed by atoms with van der Waals surface area (Å²) in [4.78, 5) is 139. The number of nitrogens with zero attached hydrogens (tertiary/aromatic N) is 2. The van der Waals surface area contributed by atoms with E-state index in [1.807, 2.05) is 0 Å². The van der Waals surface area contributed by atoms with Gasteiger partial charge in [0.25, 0.3) is 0 Å². The minimum absolute atomic E-state index is 0.0625. The van der Waals surface area contributed by atoms with Crippen molar-refractivity contribution in [3.05, 3.63) is 71.8 Å². The first-order valence-corrected chi connectivity index (χ1v) is 22.9. The Hall–Kier alpha value is -7.10. The summed E-state index contributed by atoms with van der Waals surface area (Å²) < 4.78 is 11.0. The Morgan fingerprint density at radius 2 is 1.38 bits per heavy atom. The van der Waals surface area contributed by atoms with Gasteiger partial charge in [0, 0.05) is 13.5 Å². The Morgan fingerprint density at radius 1 is 0.768 bits per heavy atom. The number of benzene rings is 2. The lowest BCUT2D eigenvalue weighted by Gasteiger charge is -2.42. The van der Waals surface area contributed by atoms with Crippen LogP contribution in [-0.2, 0) is 65.7 Å². The molecular weight excluding hydrogens is 899 g/mol. The van der Waals surface area contributed by atoms with Gasteiger partial charge in [0.05, 0.1) is 6.42 Å². The molecule has 22 nitrogen and oxygen atoms in total. The average Bonchev–Trinajstić information content (AvgIpc) is 4.15. The number of ether oxygens (including phenoxy) is 2. The Morgan fingerprint density at radius 3 is 1.97 bits per heavy atom. The topological polar surface area (TPSA) is 314 Å². The second kappa shape index (κ2) is 23.8. The summed E-state index contributed by atoms with van der Waals surface area (Å²) in [6.07, 6.45) is -4.17. The van der Waals surface area contributed by atoms with Gasteiger partial charge < -0.3 is 62.0 Å². The largest absolute Gasteiger partial charge is 0.458 e. The monoisotopic (exact) mass is 961 g/mol. The van der Waals surface area contributed by atoms with Gasteiger partial charge in [0.2, 0.25) is 47.3 Å². The van der Waals surface area contributed by atoms with Gasteiger partial charge in [0.1, 0.15) is 67.3 Å². The smallest absolute Gasteiger partial charge is 0.408 e. The Kier molecular flexibility index (Phi) is 18.2. The molecule has 22 heteroatoms. The van der Waals surface area contributed by atoms with E-state index in [2.05, 4.69) is 31.9 Å². The van der Waals surface area contributed by atoms with Gasteiger partial charge in [-0.2, -0.15) is 0 Å². The van der Waals surface area contributed by atoms with Crippen LogP contribution in [0.3, 0.4) is 0 Å². The van der Waals surface area contributed by atoms with Crippen molar-refractivity contribution >= 4 is 59.3 Å². The fourth-order valence-electron chi connectivity index (χ4n) is 8.02. The van der Waals surface area contributed by atoms with Crippen molar-refractivity contribution in [2.24, 2.45) is 17.6 Å². The number of aliphatic hydroxyl groups excluding tert-OH is 1. The SMILES string of the molecule is CC(NC(=O)OCc1ccccc1)C(=O)N[C@@H](C)C(=O)N[C@@H]1C(=O)N[C@@H](C2CC2)C(=O)N[C@H]2CC[C@@H](O)N(C2=O)[C@@H](CC(N)=O)C(=O)N(C)[C@@H](Cc2ccccc2)C(=O)N[C@@H](C(C)C)C(=O)O[C@@H]1C. The number of hydrogen-bond donors (Lipinski definition) is 8. The third-order valence-electron chi connectivity index (χ3n) is 12.2. The molecule has 1 aliphatic carbocycles. The van der Waals surface area contributed by atoms with Crippen molar-refractivity contribution in [1.82, 2.24) is 41.7 Å². The molecule has 2 bridgehead atoms. The molecule has 5 rings (SSSR count). The summed E-state index contributed by atoms with van der Waals surface area (Å²) in [6.45, 7) is 7.11. The lowest BCUT2D eigenvalue weighted by molar-refractivity contribution is -0.166. The molecule has 0 aromatic heterocycles. The predicted octanol–water partition coefficient (Wildman–Crippen LogP) is -0.989. The van der Waals surface area contributed by atoms with Gasteiger partial charge in [-0.3, -0.25) is 38.4 Å². The summed E-state index contributed by atoms with van der Waals surface area (Å²) in [7, 11) is 1.27. The van der Waals surface area contributed by atoms with E-state index in [0.717, 1.165) is 9.80 Å². The molecular formula is C47H63N9O13. The number of fused-ring (bicyclic) bond motifs is 2.